The third kappa shape index (κ3) is 3.61. The van der Waals surface area contributed by atoms with E-state index in [1.165, 1.54) is 13.2 Å². The Morgan fingerprint density at radius 1 is 1.32 bits per heavy atom. The molecular weight excluding hydrogens is 266 g/mol. The molecule has 0 aliphatic rings. The summed E-state index contributed by atoms with van der Waals surface area (Å²) in [5.41, 5.74) is -1.52. The zero-order valence-corrected chi connectivity index (χ0v) is 12.6. The summed E-state index contributed by atoms with van der Waals surface area (Å²) in [6.45, 7) is 6.79. The van der Waals surface area contributed by atoms with Crippen LogP contribution >= 0.6 is 11.6 Å². The van der Waals surface area contributed by atoms with E-state index in [9.17, 15) is 9.90 Å². The minimum atomic E-state index is -1.06. The lowest BCUT2D eigenvalue weighted by molar-refractivity contribution is -0.00297. The fourth-order valence-electron chi connectivity index (χ4n) is 1.36. The van der Waals surface area contributed by atoms with Crippen molar-refractivity contribution in [3.05, 3.63) is 28.8 Å². The quantitative estimate of drug-likeness (QED) is 0.894. The summed E-state index contributed by atoms with van der Waals surface area (Å²) in [6.07, 6.45) is 0. The molecule has 19 heavy (non-hydrogen) atoms. The molecule has 2 N–H and O–H groups in total. The molecule has 0 saturated carbocycles. The van der Waals surface area contributed by atoms with Crippen LogP contribution in [0.5, 0.6) is 5.75 Å². The van der Waals surface area contributed by atoms with E-state index in [1.54, 1.807) is 39.8 Å². The van der Waals surface area contributed by atoms with Gasteiger partial charge in [-0.25, -0.2) is 0 Å². The highest BCUT2D eigenvalue weighted by Gasteiger charge is 2.36. The SMILES string of the molecule is COc1ccc(Cl)cc1C(=O)NC(C)(C)C(C)(C)O. The van der Waals surface area contributed by atoms with Crippen LogP contribution in [0.2, 0.25) is 5.02 Å². The molecule has 1 amide bonds. The van der Waals surface area contributed by atoms with E-state index in [0.29, 0.717) is 16.3 Å². The molecule has 0 aliphatic carbocycles. The first kappa shape index (κ1) is 15.8. The number of amides is 1. The second-order valence-corrected chi connectivity index (χ2v) is 5.92. The number of ether oxygens (including phenoxy) is 1. The normalized spacial score (nSPS) is 12.2. The first-order chi connectivity index (χ1) is 8.58. The Morgan fingerprint density at radius 3 is 2.37 bits per heavy atom. The summed E-state index contributed by atoms with van der Waals surface area (Å²) in [5.74, 6) is 0.0971. The minimum Gasteiger partial charge on any atom is -0.496 e. The lowest BCUT2D eigenvalue weighted by Gasteiger charge is -2.38. The number of halogens is 1. The van der Waals surface area contributed by atoms with E-state index in [0.717, 1.165) is 0 Å². The van der Waals surface area contributed by atoms with Gasteiger partial charge in [-0.3, -0.25) is 4.79 Å². The summed E-state index contributed by atoms with van der Waals surface area (Å²) < 4.78 is 5.14. The van der Waals surface area contributed by atoms with Crippen molar-refractivity contribution in [3.8, 4) is 5.75 Å². The molecule has 1 aromatic carbocycles. The van der Waals surface area contributed by atoms with Crippen LogP contribution in [0.4, 0.5) is 0 Å². The average molecular weight is 286 g/mol. The molecule has 0 atom stereocenters. The molecule has 0 saturated heterocycles. The van der Waals surface area contributed by atoms with Crippen molar-refractivity contribution < 1.29 is 14.6 Å². The highest BCUT2D eigenvalue weighted by atomic mass is 35.5. The van der Waals surface area contributed by atoms with Crippen molar-refractivity contribution in [2.24, 2.45) is 0 Å². The second kappa shape index (κ2) is 5.39. The Kier molecular flexibility index (Phi) is 4.48. The van der Waals surface area contributed by atoms with Gasteiger partial charge in [-0.05, 0) is 45.9 Å². The molecule has 106 valence electrons. The van der Waals surface area contributed by atoms with Crippen LogP contribution in [0.3, 0.4) is 0 Å². The summed E-state index contributed by atoms with van der Waals surface area (Å²) in [6, 6.07) is 4.82. The lowest BCUT2D eigenvalue weighted by Crippen LogP contribution is -2.57. The molecule has 0 radical (unpaired) electrons. The number of aliphatic hydroxyl groups is 1. The Morgan fingerprint density at radius 2 is 1.89 bits per heavy atom. The fraction of sp³-hybridized carbons (Fsp3) is 0.500. The number of methoxy groups -OCH3 is 1. The van der Waals surface area contributed by atoms with Crippen LogP contribution in [0.15, 0.2) is 18.2 Å². The number of rotatable bonds is 4. The van der Waals surface area contributed by atoms with E-state index in [4.69, 9.17) is 16.3 Å². The zero-order valence-electron chi connectivity index (χ0n) is 11.9. The maximum atomic E-state index is 12.3. The monoisotopic (exact) mass is 285 g/mol. The molecule has 0 spiro atoms. The fourth-order valence-corrected chi connectivity index (χ4v) is 1.53. The van der Waals surface area contributed by atoms with Gasteiger partial charge in [-0.1, -0.05) is 11.6 Å². The Bertz CT molecular complexity index is 478. The number of nitrogens with one attached hydrogen (secondary N) is 1. The number of hydrogen-bond donors (Lipinski definition) is 2. The van der Waals surface area contributed by atoms with Crippen LogP contribution < -0.4 is 10.1 Å². The van der Waals surface area contributed by atoms with Crippen molar-refractivity contribution >= 4 is 17.5 Å². The van der Waals surface area contributed by atoms with Gasteiger partial charge in [0.1, 0.15) is 5.75 Å². The molecule has 5 heteroatoms. The molecule has 0 bridgehead atoms. The lowest BCUT2D eigenvalue weighted by atomic mass is 9.85. The van der Waals surface area contributed by atoms with Crippen molar-refractivity contribution in [3.63, 3.8) is 0 Å². The number of hydrogen-bond acceptors (Lipinski definition) is 3. The molecule has 0 fully saturated rings. The van der Waals surface area contributed by atoms with Gasteiger partial charge in [0, 0.05) is 5.02 Å². The van der Waals surface area contributed by atoms with Crippen molar-refractivity contribution in [1.29, 1.82) is 0 Å². The van der Waals surface area contributed by atoms with Gasteiger partial charge in [0.15, 0.2) is 0 Å². The van der Waals surface area contributed by atoms with Gasteiger partial charge in [0.2, 0.25) is 0 Å². The van der Waals surface area contributed by atoms with Gasteiger partial charge < -0.3 is 15.2 Å². The minimum absolute atomic E-state index is 0.340. The van der Waals surface area contributed by atoms with Crippen molar-refractivity contribution in [2.45, 2.75) is 38.8 Å². The van der Waals surface area contributed by atoms with Crippen molar-refractivity contribution in [2.75, 3.05) is 7.11 Å². The van der Waals surface area contributed by atoms with Crippen LogP contribution in [0.25, 0.3) is 0 Å². The van der Waals surface area contributed by atoms with E-state index < -0.39 is 11.1 Å². The predicted octanol–water partition coefficient (Wildman–Crippen LogP) is 2.63. The molecule has 1 aromatic rings. The highest BCUT2D eigenvalue weighted by molar-refractivity contribution is 6.31. The topological polar surface area (TPSA) is 58.6 Å². The van der Waals surface area contributed by atoms with E-state index in [1.807, 2.05) is 0 Å². The molecule has 1 rings (SSSR count). The van der Waals surface area contributed by atoms with Crippen LogP contribution in [-0.4, -0.2) is 29.3 Å². The number of carbonyl (C=O) groups is 1. The standard InChI is InChI=1S/C14H20ClNO3/c1-13(2,14(3,4)18)16-12(17)10-8-9(15)6-7-11(10)19-5/h6-8,18H,1-5H3,(H,16,17). The maximum absolute atomic E-state index is 12.3. The third-order valence-electron chi connectivity index (χ3n) is 3.36. The van der Waals surface area contributed by atoms with Crippen LogP contribution in [0, 0.1) is 0 Å². The Balaban J connectivity index is 3.05. The van der Waals surface area contributed by atoms with Gasteiger partial charge in [-0.15, -0.1) is 0 Å². The van der Waals surface area contributed by atoms with Gasteiger partial charge in [-0.2, -0.15) is 0 Å². The third-order valence-corrected chi connectivity index (χ3v) is 3.60. The predicted molar refractivity (Wildman–Crippen MR) is 75.8 cm³/mol. The average Bonchev–Trinajstić information content (AvgIpc) is 2.26. The molecule has 0 aromatic heterocycles. The molecular formula is C14H20ClNO3. The highest BCUT2D eigenvalue weighted by Crippen LogP contribution is 2.25. The molecule has 4 nitrogen and oxygen atoms in total. The maximum Gasteiger partial charge on any atom is 0.255 e. The summed E-state index contributed by atoms with van der Waals surface area (Å²) in [5, 5.41) is 13.3. The largest absolute Gasteiger partial charge is 0.496 e. The second-order valence-electron chi connectivity index (χ2n) is 5.48. The van der Waals surface area contributed by atoms with E-state index in [-0.39, 0.29) is 5.91 Å². The molecule has 0 unspecified atom stereocenters. The van der Waals surface area contributed by atoms with Gasteiger partial charge in [0.25, 0.3) is 5.91 Å². The van der Waals surface area contributed by atoms with Gasteiger partial charge >= 0.3 is 0 Å². The number of carbonyl (C=O) groups excluding carboxylic acids is 1. The van der Waals surface area contributed by atoms with Crippen LogP contribution in [-0.2, 0) is 0 Å². The first-order valence-electron chi connectivity index (χ1n) is 5.97. The smallest absolute Gasteiger partial charge is 0.255 e. The van der Waals surface area contributed by atoms with Crippen molar-refractivity contribution in [1.82, 2.24) is 5.32 Å². The first-order valence-corrected chi connectivity index (χ1v) is 6.35. The van der Waals surface area contributed by atoms with E-state index >= 15 is 0 Å². The Hall–Kier alpha value is -1.26. The number of benzene rings is 1. The Labute approximate surface area is 118 Å². The summed E-state index contributed by atoms with van der Waals surface area (Å²) >= 11 is 5.89. The van der Waals surface area contributed by atoms with E-state index in [2.05, 4.69) is 5.32 Å². The summed E-state index contributed by atoms with van der Waals surface area (Å²) in [4.78, 5) is 12.3. The van der Waals surface area contributed by atoms with Gasteiger partial charge in [0.05, 0.1) is 23.8 Å². The molecule has 0 aliphatic heterocycles. The van der Waals surface area contributed by atoms with Crippen LogP contribution in [0.1, 0.15) is 38.1 Å². The molecule has 0 heterocycles. The summed E-state index contributed by atoms with van der Waals surface area (Å²) in [7, 11) is 1.49. The zero-order chi connectivity index (χ0) is 14.8.